The minimum Gasteiger partial charge on any atom is -0.338 e. The highest BCUT2D eigenvalue weighted by molar-refractivity contribution is 5.95. The summed E-state index contributed by atoms with van der Waals surface area (Å²) in [5, 5.41) is 0. The fourth-order valence-electron chi connectivity index (χ4n) is 3.74. The van der Waals surface area contributed by atoms with Gasteiger partial charge in [-0.05, 0) is 42.7 Å². The van der Waals surface area contributed by atoms with E-state index in [1.165, 1.54) is 0 Å². The van der Waals surface area contributed by atoms with Crippen LogP contribution in [-0.4, -0.2) is 39.2 Å². The van der Waals surface area contributed by atoms with Gasteiger partial charge >= 0.3 is 0 Å². The number of imidazole rings is 1. The Kier molecular flexibility index (Phi) is 5.33. The molecule has 0 spiro atoms. The van der Waals surface area contributed by atoms with E-state index in [9.17, 15) is 9.59 Å². The third-order valence-corrected chi connectivity index (χ3v) is 5.30. The summed E-state index contributed by atoms with van der Waals surface area (Å²) in [5.41, 5.74) is 2.65. The molecule has 142 valence electrons. The van der Waals surface area contributed by atoms with Crippen LogP contribution in [0.3, 0.4) is 0 Å². The third-order valence-electron chi connectivity index (χ3n) is 5.30. The van der Waals surface area contributed by atoms with Crippen molar-refractivity contribution < 1.29 is 9.59 Å². The molecule has 1 amide bonds. The lowest BCUT2D eigenvalue weighted by atomic mass is 9.90. The van der Waals surface area contributed by atoms with Crippen molar-refractivity contribution in [1.29, 1.82) is 0 Å². The second kappa shape index (κ2) is 8.21. The number of likely N-dealkylation sites (tertiary alicyclic amines) is 1. The van der Waals surface area contributed by atoms with Crippen molar-refractivity contribution in [2.45, 2.75) is 19.3 Å². The van der Waals surface area contributed by atoms with Crippen molar-refractivity contribution in [3.63, 3.8) is 0 Å². The highest BCUT2D eigenvalue weighted by Gasteiger charge is 2.28. The van der Waals surface area contributed by atoms with Crippen molar-refractivity contribution in [2.24, 2.45) is 5.92 Å². The molecule has 1 aliphatic heterocycles. The van der Waals surface area contributed by atoms with Crippen LogP contribution in [0.5, 0.6) is 0 Å². The molecule has 1 atom stereocenters. The Morgan fingerprint density at radius 3 is 2.54 bits per heavy atom. The Hall–Kier alpha value is -3.21. The van der Waals surface area contributed by atoms with Gasteiger partial charge in [0, 0.05) is 49.1 Å². The van der Waals surface area contributed by atoms with E-state index in [0.717, 1.165) is 24.1 Å². The number of carbonyl (C=O) groups excluding carboxylic acids is 2. The quantitative estimate of drug-likeness (QED) is 0.687. The normalized spacial score (nSPS) is 16.7. The van der Waals surface area contributed by atoms with Crippen molar-refractivity contribution in [3.8, 4) is 5.69 Å². The van der Waals surface area contributed by atoms with Gasteiger partial charge in [-0.1, -0.05) is 30.3 Å². The lowest BCUT2D eigenvalue weighted by molar-refractivity contribution is -0.123. The van der Waals surface area contributed by atoms with E-state index in [1.807, 2.05) is 70.3 Å². The lowest BCUT2D eigenvalue weighted by Gasteiger charge is -2.32. The second-order valence-electron chi connectivity index (χ2n) is 7.24. The summed E-state index contributed by atoms with van der Waals surface area (Å²) >= 11 is 0. The van der Waals surface area contributed by atoms with E-state index in [-0.39, 0.29) is 17.6 Å². The molecule has 0 radical (unpaired) electrons. The first-order chi connectivity index (χ1) is 13.7. The van der Waals surface area contributed by atoms with Crippen LogP contribution < -0.4 is 0 Å². The zero-order valence-electron chi connectivity index (χ0n) is 15.7. The summed E-state index contributed by atoms with van der Waals surface area (Å²) in [5.74, 6) is 0.136. The molecule has 1 aliphatic rings. The number of benzene rings is 2. The molecule has 2 aromatic carbocycles. The Morgan fingerprint density at radius 1 is 1.04 bits per heavy atom. The average molecular weight is 373 g/mol. The topological polar surface area (TPSA) is 55.2 Å². The first-order valence-electron chi connectivity index (χ1n) is 9.65. The minimum atomic E-state index is -0.0804. The SMILES string of the molecule is O=C(Cc1ccccc1)[C@H]1CCCN(C(=O)c2ccc(-n3ccnc3)cc2)C1. The molecule has 0 saturated carbocycles. The van der Waals surface area contributed by atoms with E-state index in [1.54, 1.807) is 12.5 Å². The molecule has 1 fully saturated rings. The summed E-state index contributed by atoms with van der Waals surface area (Å²) in [6.45, 7) is 1.21. The Morgan fingerprint density at radius 2 is 1.82 bits per heavy atom. The highest BCUT2D eigenvalue weighted by atomic mass is 16.2. The lowest BCUT2D eigenvalue weighted by Crippen LogP contribution is -2.42. The number of piperidine rings is 1. The maximum atomic E-state index is 12.9. The molecular formula is C23H23N3O2. The first kappa shape index (κ1) is 18.2. The van der Waals surface area contributed by atoms with E-state index >= 15 is 0 Å². The number of rotatable bonds is 5. The molecule has 5 heteroatoms. The van der Waals surface area contributed by atoms with Gasteiger partial charge in [-0.3, -0.25) is 9.59 Å². The molecule has 1 saturated heterocycles. The molecule has 28 heavy (non-hydrogen) atoms. The smallest absolute Gasteiger partial charge is 0.253 e. The number of aromatic nitrogens is 2. The van der Waals surface area contributed by atoms with Gasteiger partial charge < -0.3 is 9.47 Å². The number of carbonyl (C=O) groups is 2. The summed E-state index contributed by atoms with van der Waals surface area (Å²) < 4.78 is 1.90. The second-order valence-corrected chi connectivity index (χ2v) is 7.24. The van der Waals surface area contributed by atoms with E-state index in [4.69, 9.17) is 0 Å². The largest absolute Gasteiger partial charge is 0.338 e. The molecule has 3 aromatic rings. The van der Waals surface area contributed by atoms with Crippen molar-refractivity contribution in [1.82, 2.24) is 14.5 Å². The predicted octanol–water partition coefficient (Wildman–Crippen LogP) is 3.54. The fraction of sp³-hybridized carbons (Fsp3) is 0.261. The Bertz CT molecular complexity index is 934. The Balaban J connectivity index is 1.41. The predicted molar refractivity (Wildman–Crippen MR) is 107 cm³/mol. The van der Waals surface area contributed by atoms with Crippen LogP contribution in [0.1, 0.15) is 28.8 Å². The van der Waals surface area contributed by atoms with Crippen LogP contribution in [0.15, 0.2) is 73.3 Å². The van der Waals surface area contributed by atoms with Gasteiger partial charge in [0.1, 0.15) is 5.78 Å². The maximum Gasteiger partial charge on any atom is 0.253 e. The van der Waals surface area contributed by atoms with Crippen LogP contribution in [-0.2, 0) is 11.2 Å². The first-order valence-corrected chi connectivity index (χ1v) is 9.65. The van der Waals surface area contributed by atoms with Gasteiger partial charge in [0.25, 0.3) is 5.91 Å². The number of hydrogen-bond donors (Lipinski definition) is 0. The summed E-state index contributed by atoms with van der Waals surface area (Å²) in [4.78, 5) is 31.5. The standard InChI is InChI=1S/C23H23N3O2/c27-22(15-18-5-2-1-3-6-18)20-7-4-13-25(16-20)23(28)19-8-10-21(11-9-19)26-14-12-24-17-26/h1-3,5-6,8-12,14,17,20H,4,7,13,15-16H2/t20-/m0/s1. The summed E-state index contributed by atoms with van der Waals surface area (Å²) in [6.07, 6.45) is 7.47. The van der Waals surface area contributed by atoms with E-state index < -0.39 is 0 Å². The van der Waals surface area contributed by atoms with Gasteiger partial charge in [-0.15, -0.1) is 0 Å². The molecule has 5 nitrogen and oxygen atoms in total. The average Bonchev–Trinajstić information content (AvgIpc) is 3.29. The minimum absolute atomic E-state index is 0.00519. The molecule has 2 heterocycles. The van der Waals surface area contributed by atoms with Crippen LogP contribution in [0.2, 0.25) is 0 Å². The molecule has 0 unspecified atom stereocenters. The fourth-order valence-corrected chi connectivity index (χ4v) is 3.74. The molecule has 0 aliphatic carbocycles. The molecule has 0 N–H and O–H groups in total. The van der Waals surface area contributed by atoms with Gasteiger partial charge in [0.05, 0.1) is 6.33 Å². The zero-order valence-corrected chi connectivity index (χ0v) is 15.7. The van der Waals surface area contributed by atoms with Crippen LogP contribution >= 0.6 is 0 Å². The van der Waals surface area contributed by atoms with Crippen LogP contribution in [0, 0.1) is 5.92 Å². The number of nitrogens with zero attached hydrogens (tertiary/aromatic N) is 3. The van der Waals surface area contributed by atoms with Crippen LogP contribution in [0.25, 0.3) is 5.69 Å². The van der Waals surface area contributed by atoms with E-state index in [2.05, 4.69) is 4.98 Å². The molecular weight excluding hydrogens is 350 g/mol. The molecule has 1 aromatic heterocycles. The van der Waals surface area contributed by atoms with Gasteiger partial charge in [0.2, 0.25) is 0 Å². The third kappa shape index (κ3) is 4.03. The van der Waals surface area contributed by atoms with Crippen LogP contribution in [0.4, 0.5) is 0 Å². The van der Waals surface area contributed by atoms with E-state index in [0.29, 0.717) is 25.1 Å². The van der Waals surface area contributed by atoms with Gasteiger partial charge in [0.15, 0.2) is 0 Å². The molecule has 4 rings (SSSR count). The summed E-state index contributed by atoms with van der Waals surface area (Å²) in [6, 6.07) is 17.3. The van der Waals surface area contributed by atoms with Gasteiger partial charge in [-0.25, -0.2) is 4.98 Å². The van der Waals surface area contributed by atoms with Crippen molar-refractivity contribution in [3.05, 3.63) is 84.4 Å². The van der Waals surface area contributed by atoms with Crippen molar-refractivity contribution >= 4 is 11.7 Å². The zero-order chi connectivity index (χ0) is 19.3. The Labute approximate surface area is 164 Å². The summed E-state index contributed by atoms with van der Waals surface area (Å²) in [7, 11) is 0. The molecule has 0 bridgehead atoms. The monoisotopic (exact) mass is 373 g/mol. The number of Topliss-reactive ketones (excluding diaryl/α,β-unsaturated/α-hetero) is 1. The maximum absolute atomic E-state index is 12.9. The number of hydrogen-bond acceptors (Lipinski definition) is 3. The van der Waals surface area contributed by atoms with Crippen molar-refractivity contribution in [2.75, 3.05) is 13.1 Å². The number of amides is 1. The van der Waals surface area contributed by atoms with Gasteiger partial charge in [-0.2, -0.15) is 0 Å². The highest BCUT2D eigenvalue weighted by Crippen LogP contribution is 2.21. The number of ketones is 1.